The van der Waals surface area contributed by atoms with Crippen molar-refractivity contribution in [2.24, 2.45) is 0 Å². The van der Waals surface area contributed by atoms with Gasteiger partial charge in [-0.25, -0.2) is 9.97 Å². The van der Waals surface area contributed by atoms with Crippen molar-refractivity contribution in [3.05, 3.63) is 59.7 Å². The Bertz CT molecular complexity index is 887. The Morgan fingerprint density at radius 1 is 1.14 bits per heavy atom. The summed E-state index contributed by atoms with van der Waals surface area (Å²) in [5.74, 6) is 0.129. The van der Waals surface area contributed by atoms with Gasteiger partial charge in [0.1, 0.15) is 5.69 Å². The lowest BCUT2D eigenvalue weighted by atomic mass is 10.1. The number of aromatic nitrogens is 3. The quantitative estimate of drug-likeness (QED) is 0.738. The van der Waals surface area contributed by atoms with Crippen LogP contribution in [-0.4, -0.2) is 25.8 Å². The standard InChI is InChI=1S/C16H13N5O/c17-16-19-7-11-8-21(9-13(11)20-16)15(22)14-12-4-2-1-3-10(12)5-6-18-14/h1-7H,8-9H2,(H2,17,19,20). The van der Waals surface area contributed by atoms with E-state index in [1.807, 2.05) is 30.3 Å². The third-order valence-corrected chi connectivity index (χ3v) is 3.84. The first-order chi connectivity index (χ1) is 10.7. The van der Waals surface area contributed by atoms with Crippen LogP contribution < -0.4 is 5.73 Å². The molecule has 1 aromatic carbocycles. The first-order valence-electron chi connectivity index (χ1n) is 6.95. The lowest BCUT2D eigenvalue weighted by Crippen LogP contribution is -2.26. The number of nitrogens with two attached hydrogens (primary N) is 1. The molecule has 1 aliphatic rings. The van der Waals surface area contributed by atoms with Gasteiger partial charge >= 0.3 is 0 Å². The van der Waals surface area contributed by atoms with Crippen molar-refractivity contribution in [2.75, 3.05) is 5.73 Å². The average molecular weight is 291 g/mol. The predicted octanol–water partition coefficient (Wildman–Crippen LogP) is 1.76. The molecule has 6 heteroatoms. The summed E-state index contributed by atoms with van der Waals surface area (Å²) in [4.78, 5) is 27.0. The maximum atomic E-state index is 12.8. The lowest BCUT2D eigenvalue weighted by molar-refractivity contribution is 0.0746. The molecule has 2 aromatic heterocycles. The molecule has 3 heterocycles. The third-order valence-electron chi connectivity index (χ3n) is 3.84. The molecule has 0 radical (unpaired) electrons. The van der Waals surface area contributed by atoms with Crippen molar-refractivity contribution >= 4 is 22.6 Å². The molecule has 1 aliphatic heterocycles. The van der Waals surface area contributed by atoms with Gasteiger partial charge in [-0.1, -0.05) is 24.3 Å². The molecular formula is C16H13N5O. The summed E-state index contributed by atoms with van der Waals surface area (Å²) in [5, 5.41) is 1.86. The van der Waals surface area contributed by atoms with Gasteiger partial charge in [-0.3, -0.25) is 9.78 Å². The van der Waals surface area contributed by atoms with E-state index < -0.39 is 0 Å². The number of fused-ring (bicyclic) bond motifs is 2. The molecule has 3 aromatic rings. The van der Waals surface area contributed by atoms with Crippen LogP contribution in [0.5, 0.6) is 0 Å². The van der Waals surface area contributed by atoms with Crippen LogP contribution in [0, 0.1) is 0 Å². The van der Waals surface area contributed by atoms with Crippen LogP contribution in [0.2, 0.25) is 0 Å². The Morgan fingerprint density at radius 2 is 2.00 bits per heavy atom. The van der Waals surface area contributed by atoms with Crippen molar-refractivity contribution in [1.29, 1.82) is 0 Å². The fourth-order valence-electron chi connectivity index (χ4n) is 2.75. The van der Waals surface area contributed by atoms with E-state index in [-0.39, 0.29) is 11.9 Å². The van der Waals surface area contributed by atoms with E-state index in [0.717, 1.165) is 22.0 Å². The zero-order valence-corrected chi connectivity index (χ0v) is 11.7. The number of benzene rings is 1. The van der Waals surface area contributed by atoms with Crippen molar-refractivity contribution in [3.63, 3.8) is 0 Å². The number of pyridine rings is 1. The highest BCUT2D eigenvalue weighted by atomic mass is 16.2. The monoisotopic (exact) mass is 291 g/mol. The number of hydrogen-bond acceptors (Lipinski definition) is 5. The van der Waals surface area contributed by atoms with Crippen molar-refractivity contribution < 1.29 is 4.79 Å². The van der Waals surface area contributed by atoms with Crippen LogP contribution >= 0.6 is 0 Å². The molecule has 6 nitrogen and oxygen atoms in total. The first kappa shape index (κ1) is 12.7. The molecule has 0 fully saturated rings. The second kappa shape index (κ2) is 4.77. The third kappa shape index (κ3) is 1.96. The smallest absolute Gasteiger partial charge is 0.273 e. The van der Waals surface area contributed by atoms with Gasteiger partial charge in [-0.05, 0) is 11.5 Å². The van der Waals surface area contributed by atoms with Crippen molar-refractivity contribution in [3.8, 4) is 0 Å². The summed E-state index contributed by atoms with van der Waals surface area (Å²) < 4.78 is 0. The fraction of sp³-hybridized carbons (Fsp3) is 0.125. The van der Waals surface area contributed by atoms with Crippen LogP contribution in [0.15, 0.2) is 42.7 Å². The molecule has 0 bridgehead atoms. The summed E-state index contributed by atoms with van der Waals surface area (Å²) >= 11 is 0. The molecular weight excluding hydrogens is 278 g/mol. The molecule has 0 saturated heterocycles. The van der Waals surface area contributed by atoms with E-state index >= 15 is 0 Å². The Hall–Kier alpha value is -3.02. The molecule has 108 valence electrons. The molecule has 1 amide bonds. The largest absolute Gasteiger partial charge is 0.368 e. The van der Waals surface area contributed by atoms with Gasteiger partial charge in [0.15, 0.2) is 0 Å². The fourth-order valence-corrected chi connectivity index (χ4v) is 2.75. The lowest BCUT2D eigenvalue weighted by Gasteiger charge is -2.15. The zero-order valence-electron chi connectivity index (χ0n) is 11.7. The molecule has 0 unspecified atom stereocenters. The summed E-state index contributed by atoms with van der Waals surface area (Å²) in [6, 6.07) is 9.64. The number of hydrogen-bond donors (Lipinski definition) is 1. The van der Waals surface area contributed by atoms with Gasteiger partial charge in [0, 0.05) is 29.9 Å². The van der Waals surface area contributed by atoms with E-state index in [2.05, 4.69) is 15.0 Å². The zero-order chi connectivity index (χ0) is 15.1. The maximum Gasteiger partial charge on any atom is 0.273 e. The van der Waals surface area contributed by atoms with Gasteiger partial charge in [0.05, 0.1) is 12.2 Å². The van der Waals surface area contributed by atoms with Gasteiger partial charge in [0.25, 0.3) is 5.91 Å². The first-order valence-corrected chi connectivity index (χ1v) is 6.95. The Kier molecular flexibility index (Phi) is 2.75. The Balaban J connectivity index is 1.71. The number of carbonyl (C=O) groups is 1. The number of carbonyl (C=O) groups excluding carboxylic acids is 1. The normalized spacial score (nSPS) is 13.4. The molecule has 0 aliphatic carbocycles. The number of rotatable bonds is 1. The second-order valence-corrected chi connectivity index (χ2v) is 5.24. The van der Waals surface area contributed by atoms with Crippen molar-refractivity contribution in [1.82, 2.24) is 19.9 Å². The highest BCUT2D eigenvalue weighted by molar-refractivity contribution is 6.05. The van der Waals surface area contributed by atoms with E-state index in [9.17, 15) is 4.79 Å². The van der Waals surface area contributed by atoms with Crippen LogP contribution in [0.4, 0.5) is 5.95 Å². The summed E-state index contributed by atoms with van der Waals surface area (Å²) in [6.07, 6.45) is 3.35. The van der Waals surface area contributed by atoms with Crippen LogP contribution in [0.25, 0.3) is 10.8 Å². The molecule has 0 atom stereocenters. The van der Waals surface area contributed by atoms with Crippen molar-refractivity contribution in [2.45, 2.75) is 13.1 Å². The molecule has 4 rings (SSSR count). The van der Waals surface area contributed by atoms with E-state index in [1.165, 1.54) is 0 Å². The maximum absolute atomic E-state index is 12.8. The minimum Gasteiger partial charge on any atom is -0.368 e. The highest BCUT2D eigenvalue weighted by Crippen LogP contribution is 2.24. The Labute approximate surface area is 126 Å². The number of nitrogens with zero attached hydrogens (tertiary/aromatic N) is 4. The van der Waals surface area contributed by atoms with Gasteiger partial charge < -0.3 is 10.6 Å². The minimum atomic E-state index is -0.103. The number of anilines is 1. The van der Waals surface area contributed by atoms with Gasteiger partial charge in [-0.15, -0.1) is 0 Å². The SMILES string of the molecule is Nc1ncc2c(n1)CN(C(=O)c1nccc3ccccc13)C2. The van der Waals surface area contributed by atoms with E-state index in [1.54, 1.807) is 17.3 Å². The number of amides is 1. The van der Waals surface area contributed by atoms with Gasteiger partial charge in [0.2, 0.25) is 5.95 Å². The number of nitrogen functional groups attached to an aromatic ring is 1. The van der Waals surface area contributed by atoms with Gasteiger partial charge in [-0.2, -0.15) is 0 Å². The second-order valence-electron chi connectivity index (χ2n) is 5.24. The van der Waals surface area contributed by atoms with E-state index in [0.29, 0.717) is 18.8 Å². The summed E-state index contributed by atoms with van der Waals surface area (Å²) in [7, 11) is 0. The predicted molar refractivity (Wildman–Crippen MR) is 81.8 cm³/mol. The average Bonchev–Trinajstić information content (AvgIpc) is 2.96. The molecule has 2 N–H and O–H groups in total. The van der Waals surface area contributed by atoms with Crippen LogP contribution in [0.1, 0.15) is 21.7 Å². The molecule has 0 saturated carbocycles. The van der Waals surface area contributed by atoms with E-state index in [4.69, 9.17) is 5.73 Å². The molecule has 0 spiro atoms. The highest BCUT2D eigenvalue weighted by Gasteiger charge is 2.27. The minimum absolute atomic E-state index is 0.103. The van der Waals surface area contributed by atoms with Crippen LogP contribution in [0.3, 0.4) is 0 Å². The summed E-state index contributed by atoms with van der Waals surface area (Å²) in [6.45, 7) is 0.922. The summed E-state index contributed by atoms with van der Waals surface area (Å²) in [5.41, 5.74) is 7.80. The molecule has 22 heavy (non-hydrogen) atoms. The van der Waals surface area contributed by atoms with Crippen LogP contribution in [-0.2, 0) is 13.1 Å². The topological polar surface area (TPSA) is 85.0 Å². The Morgan fingerprint density at radius 3 is 2.91 bits per heavy atom.